The maximum atomic E-state index is 13.6. The molecule has 0 unspecified atom stereocenters. The molecule has 0 saturated carbocycles. The largest absolute Gasteiger partial charge is 0.491 e. The average Bonchev–Trinajstić information content (AvgIpc) is 2.96. The maximum Gasteiger partial charge on any atom is 0.491 e. The minimum absolute atomic E-state index is 0.00147. The Kier molecular flexibility index (Phi) is 4.44. The molecule has 0 aromatic heterocycles. The number of carbonyl (C=O) groups is 1. The monoisotopic (exact) mass is 378 g/mol. The normalized spacial score (nSPS) is 13.2. The fraction of sp³-hybridized carbons (Fsp3) is 0.0714. The zero-order chi connectivity index (χ0) is 18.5. The van der Waals surface area contributed by atoms with E-state index in [1.807, 2.05) is 0 Å². The molecule has 1 heterocycles. The van der Waals surface area contributed by atoms with Crippen LogP contribution in [-0.2, 0) is 11.3 Å². The van der Waals surface area contributed by atoms with Gasteiger partial charge in [-0.05, 0) is 23.2 Å². The first-order valence-corrected chi connectivity index (χ1v) is 6.95. The summed E-state index contributed by atoms with van der Waals surface area (Å²) in [6.07, 6.45) is 0. The summed E-state index contributed by atoms with van der Waals surface area (Å²) in [6.45, 7) is -0.0255. The molecular weight excluding hydrogens is 373 g/mol. The van der Waals surface area contributed by atoms with Crippen molar-refractivity contribution in [2.24, 2.45) is 0 Å². The summed E-state index contributed by atoms with van der Waals surface area (Å²) in [6, 6.07) is 2.13. The topological polar surface area (TPSA) is 55.8 Å². The average molecular weight is 378 g/mol. The maximum absolute atomic E-state index is 13.6. The molecule has 0 bridgehead atoms. The Morgan fingerprint density at radius 2 is 1.64 bits per heavy atom. The van der Waals surface area contributed by atoms with E-state index in [1.54, 1.807) is 0 Å². The fourth-order valence-electron chi connectivity index (χ4n) is 2.23. The van der Waals surface area contributed by atoms with Gasteiger partial charge in [0.15, 0.2) is 0 Å². The van der Waals surface area contributed by atoms with Crippen LogP contribution >= 0.6 is 11.6 Å². The molecule has 4 nitrogen and oxygen atoms in total. The second-order valence-corrected chi connectivity index (χ2v) is 5.38. The van der Waals surface area contributed by atoms with Crippen LogP contribution in [0.4, 0.5) is 22.0 Å². The van der Waals surface area contributed by atoms with E-state index in [9.17, 15) is 31.8 Å². The number of hydrogen-bond acceptors (Lipinski definition) is 4. The molecule has 0 aliphatic carbocycles. The van der Waals surface area contributed by atoms with Crippen molar-refractivity contribution >= 4 is 30.2 Å². The predicted octanol–water partition coefficient (Wildman–Crippen LogP) is 2.47. The van der Waals surface area contributed by atoms with Crippen LogP contribution in [0.15, 0.2) is 12.1 Å². The standard InChI is InChI=1S/C14H5BClF5O4/c16-7-2-4(1-6-5(7)3-24-15(6)23)14(22)25-13-11(20)9(18)8(17)10(19)12(13)21/h1-2,23H,3H2. The Hall–Kier alpha value is -2.17. The van der Waals surface area contributed by atoms with Crippen molar-refractivity contribution in [2.45, 2.75) is 6.61 Å². The molecule has 11 heteroatoms. The molecule has 0 radical (unpaired) electrons. The van der Waals surface area contributed by atoms with Gasteiger partial charge < -0.3 is 14.4 Å². The van der Waals surface area contributed by atoms with E-state index in [1.165, 1.54) is 0 Å². The van der Waals surface area contributed by atoms with Gasteiger partial charge in [0, 0.05) is 5.02 Å². The minimum atomic E-state index is -2.38. The molecule has 3 rings (SSSR count). The van der Waals surface area contributed by atoms with Gasteiger partial charge in [-0.2, -0.15) is 8.78 Å². The Bertz CT molecular complexity index is 879. The van der Waals surface area contributed by atoms with Crippen molar-refractivity contribution in [2.75, 3.05) is 0 Å². The molecule has 2 aromatic carbocycles. The first-order valence-electron chi connectivity index (χ1n) is 6.58. The van der Waals surface area contributed by atoms with E-state index in [-0.39, 0.29) is 22.7 Å². The van der Waals surface area contributed by atoms with E-state index in [4.69, 9.17) is 16.3 Å². The molecule has 25 heavy (non-hydrogen) atoms. The van der Waals surface area contributed by atoms with E-state index >= 15 is 0 Å². The second-order valence-electron chi connectivity index (χ2n) is 4.98. The summed E-state index contributed by atoms with van der Waals surface area (Å²) in [5.74, 6) is -14.6. The van der Waals surface area contributed by atoms with Gasteiger partial charge >= 0.3 is 13.1 Å². The number of carbonyl (C=O) groups excluding carboxylic acids is 1. The van der Waals surface area contributed by atoms with Gasteiger partial charge in [0.05, 0.1) is 12.2 Å². The number of halogens is 6. The molecule has 1 aliphatic rings. The Labute approximate surface area is 141 Å². The summed E-state index contributed by atoms with van der Waals surface area (Å²) >= 11 is 5.90. The lowest BCUT2D eigenvalue weighted by molar-refractivity contribution is 0.0716. The number of rotatable bonds is 2. The van der Waals surface area contributed by atoms with Gasteiger partial charge in [0.2, 0.25) is 34.8 Å². The van der Waals surface area contributed by atoms with Crippen molar-refractivity contribution in [3.8, 4) is 5.75 Å². The van der Waals surface area contributed by atoms with Gasteiger partial charge in [0.1, 0.15) is 0 Å². The number of esters is 1. The van der Waals surface area contributed by atoms with E-state index in [2.05, 4.69) is 4.74 Å². The summed E-state index contributed by atoms with van der Waals surface area (Å²) in [5, 5.41) is 9.60. The van der Waals surface area contributed by atoms with Crippen LogP contribution in [0.2, 0.25) is 5.02 Å². The smallest absolute Gasteiger partial charge is 0.423 e. The van der Waals surface area contributed by atoms with Crippen LogP contribution < -0.4 is 10.2 Å². The van der Waals surface area contributed by atoms with Crippen molar-refractivity contribution in [3.05, 3.63) is 57.4 Å². The summed E-state index contributed by atoms with van der Waals surface area (Å²) < 4.78 is 75.6. The molecule has 1 N–H and O–H groups in total. The summed E-state index contributed by atoms with van der Waals surface area (Å²) in [7, 11) is -1.38. The summed E-state index contributed by atoms with van der Waals surface area (Å²) in [5.41, 5.74) is 0.135. The van der Waals surface area contributed by atoms with Gasteiger partial charge in [-0.1, -0.05) is 11.6 Å². The quantitative estimate of drug-likeness (QED) is 0.218. The predicted molar refractivity (Wildman–Crippen MR) is 75.0 cm³/mol. The lowest BCUT2D eigenvalue weighted by Gasteiger charge is -2.10. The highest BCUT2D eigenvalue weighted by atomic mass is 35.5. The van der Waals surface area contributed by atoms with Crippen molar-refractivity contribution in [1.82, 2.24) is 0 Å². The lowest BCUT2D eigenvalue weighted by atomic mass is 9.79. The van der Waals surface area contributed by atoms with Crippen molar-refractivity contribution < 1.29 is 41.2 Å². The van der Waals surface area contributed by atoms with Gasteiger partial charge in [0.25, 0.3) is 0 Å². The molecular formula is C14H5BClF5O4. The SMILES string of the molecule is O=C(Oc1c(F)c(F)c(F)c(F)c1F)c1cc(Cl)c2c(c1)B(O)OC2. The van der Waals surface area contributed by atoms with Crippen LogP contribution in [-0.4, -0.2) is 18.1 Å². The molecule has 0 atom stereocenters. The highest BCUT2D eigenvalue weighted by Crippen LogP contribution is 2.30. The molecule has 0 saturated heterocycles. The third-order valence-electron chi connectivity index (χ3n) is 3.48. The fourth-order valence-corrected chi connectivity index (χ4v) is 2.51. The minimum Gasteiger partial charge on any atom is -0.423 e. The zero-order valence-electron chi connectivity index (χ0n) is 11.9. The highest BCUT2D eigenvalue weighted by molar-refractivity contribution is 6.62. The van der Waals surface area contributed by atoms with Crippen LogP contribution in [0.3, 0.4) is 0 Å². The van der Waals surface area contributed by atoms with Gasteiger partial charge in [-0.15, -0.1) is 0 Å². The van der Waals surface area contributed by atoms with Crippen LogP contribution in [0.1, 0.15) is 15.9 Å². The van der Waals surface area contributed by atoms with Crippen LogP contribution in [0.25, 0.3) is 0 Å². The van der Waals surface area contributed by atoms with E-state index < -0.39 is 47.9 Å². The van der Waals surface area contributed by atoms with Crippen molar-refractivity contribution in [1.29, 1.82) is 0 Å². The number of hydrogen-bond donors (Lipinski definition) is 1. The van der Waals surface area contributed by atoms with Gasteiger partial charge in [-0.25, -0.2) is 18.0 Å². The van der Waals surface area contributed by atoms with Crippen LogP contribution in [0.5, 0.6) is 5.75 Å². The lowest BCUT2D eigenvalue weighted by Crippen LogP contribution is -2.29. The number of ether oxygens (including phenoxy) is 1. The van der Waals surface area contributed by atoms with Crippen LogP contribution in [0, 0.1) is 29.1 Å². The summed E-state index contributed by atoms with van der Waals surface area (Å²) in [4.78, 5) is 12.0. The van der Waals surface area contributed by atoms with E-state index in [0.29, 0.717) is 5.56 Å². The molecule has 0 fully saturated rings. The Morgan fingerprint density at radius 3 is 2.24 bits per heavy atom. The van der Waals surface area contributed by atoms with Gasteiger partial charge in [-0.3, -0.25) is 0 Å². The third-order valence-corrected chi connectivity index (χ3v) is 3.82. The first-order chi connectivity index (χ1) is 11.7. The second kappa shape index (κ2) is 6.28. The number of fused-ring (bicyclic) bond motifs is 1. The molecule has 0 amide bonds. The third kappa shape index (κ3) is 2.86. The Morgan fingerprint density at radius 1 is 1.08 bits per heavy atom. The molecule has 130 valence electrons. The first kappa shape index (κ1) is 17.7. The Balaban J connectivity index is 2.00. The van der Waals surface area contributed by atoms with Crippen molar-refractivity contribution in [3.63, 3.8) is 0 Å². The highest BCUT2D eigenvalue weighted by Gasteiger charge is 2.32. The molecule has 0 spiro atoms. The molecule has 2 aromatic rings. The number of benzene rings is 2. The van der Waals surface area contributed by atoms with E-state index in [0.717, 1.165) is 12.1 Å². The molecule has 1 aliphatic heterocycles. The zero-order valence-corrected chi connectivity index (χ0v) is 12.6.